The van der Waals surface area contributed by atoms with Crippen molar-refractivity contribution in [1.29, 1.82) is 0 Å². The van der Waals surface area contributed by atoms with Gasteiger partial charge < -0.3 is 16.4 Å². The minimum absolute atomic E-state index is 0.0544. The fourth-order valence-corrected chi connectivity index (χ4v) is 1.84. The standard InChI is InChI=1S/C16H25N3O2/c1-3-12(2)19-15(20)9-10-18-16(21)14(17)11-13-7-5-4-6-8-13/h4-8,12,14H,3,9-11,17H2,1-2H3,(H,18,21)(H,19,20)/t12?,14-/m0/s1. The van der Waals surface area contributed by atoms with Crippen molar-refractivity contribution in [2.75, 3.05) is 6.54 Å². The summed E-state index contributed by atoms with van der Waals surface area (Å²) in [6.45, 7) is 4.27. The highest BCUT2D eigenvalue weighted by Crippen LogP contribution is 2.01. The first kappa shape index (κ1) is 17.2. The van der Waals surface area contributed by atoms with Crippen LogP contribution in [0.2, 0.25) is 0 Å². The molecule has 116 valence electrons. The molecule has 0 aliphatic rings. The number of nitrogens with one attached hydrogen (secondary N) is 2. The van der Waals surface area contributed by atoms with Crippen LogP contribution in [-0.2, 0) is 16.0 Å². The first-order valence-electron chi connectivity index (χ1n) is 7.39. The van der Waals surface area contributed by atoms with E-state index in [1.54, 1.807) is 0 Å². The number of benzene rings is 1. The number of nitrogens with two attached hydrogens (primary N) is 1. The van der Waals surface area contributed by atoms with Crippen molar-refractivity contribution in [3.63, 3.8) is 0 Å². The summed E-state index contributed by atoms with van der Waals surface area (Å²) >= 11 is 0. The Hall–Kier alpha value is -1.88. The van der Waals surface area contributed by atoms with Gasteiger partial charge in [-0.2, -0.15) is 0 Å². The molecular weight excluding hydrogens is 266 g/mol. The van der Waals surface area contributed by atoms with Gasteiger partial charge in [0.2, 0.25) is 11.8 Å². The minimum Gasteiger partial charge on any atom is -0.354 e. The second kappa shape index (κ2) is 9.13. The van der Waals surface area contributed by atoms with Gasteiger partial charge in [0.1, 0.15) is 0 Å². The van der Waals surface area contributed by atoms with E-state index < -0.39 is 6.04 Å². The predicted octanol–water partition coefficient (Wildman–Crippen LogP) is 0.977. The minimum atomic E-state index is -0.593. The average Bonchev–Trinajstić information content (AvgIpc) is 2.47. The van der Waals surface area contributed by atoms with Gasteiger partial charge in [-0.3, -0.25) is 9.59 Å². The Balaban J connectivity index is 2.25. The van der Waals surface area contributed by atoms with Crippen molar-refractivity contribution in [3.8, 4) is 0 Å². The van der Waals surface area contributed by atoms with E-state index in [-0.39, 0.29) is 24.3 Å². The highest BCUT2D eigenvalue weighted by atomic mass is 16.2. The normalized spacial score (nSPS) is 13.3. The Morgan fingerprint density at radius 2 is 1.90 bits per heavy atom. The van der Waals surface area contributed by atoms with E-state index in [1.807, 2.05) is 44.2 Å². The van der Waals surface area contributed by atoms with E-state index in [0.29, 0.717) is 13.0 Å². The van der Waals surface area contributed by atoms with Crippen molar-refractivity contribution in [3.05, 3.63) is 35.9 Å². The van der Waals surface area contributed by atoms with Crippen LogP contribution < -0.4 is 16.4 Å². The van der Waals surface area contributed by atoms with Gasteiger partial charge in [0.25, 0.3) is 0 Å². The van der Waals surface area contributed by atoms with Crippen LogP contribution in [0.25, 0.3) is 0 Å². The number of rotatable bonds is 8. The second-order valence-electron chi connectivity index (χ2n) is 5.21. The quantitative estimate of drug-likeness (QED) is 0.667. The van der Waals surface area contributed by atoms with Gasteiger partial charge in [-0.25, -0.2) is 0 Å². The van der Waals surface area contributed by atoms with Crippen LogP contribution in [0.15, 0.2) is 30.3 Å². The summed E-state index contributed by atoms with van der Waals surface area (Å²) in [5.74, 6) is -0.281. The molecule has 0 aromatic heterocycles. The molecule has 1 unspecified atom stereocenters. The number of amides is 2. The Morgan fingerprint density at radius 1 is 1.24 bits per heavy atom. The molecule has 2 amide bonds. The number of carbonyl (C=O) groups is 2. The molecule has 0 aliphatic carbocycles. The molecule has 1 aromatic carbocycles. The van der Waals surface area contributed by atoms with Crippen molar-refractivity contribution >= 4 is 11.8 Å². The second-order valence-corrected chi connectivity index (χ2v) is 5.21. The molecule has 0 saturated heterocycles. The number of carbonyl (C=O) groups excluding carboxylic acids is 2. The molecule has 5 nitrogen and oxygen atoms in total. The number of hydrogen-bond acceptors (Lipinski definition) is 3. The van der Waals surface area contributed by atoms with E-state index in [2.05, 4.69) is 10.6 Å². The van der Waals surface area contributed by atoms with Gasteiger partial charge in [-0.1, -0.05) is 37.3 Å². The fourth-order valence-electron chi connectivity index (χ4n) is 1.84. The monoisotopic (exact) mass is 291 g/mol. The molecule has 0 radical (unpaired) electrons. The lowest BCUT2D eigenvalue weighted by Crippen LogP contribution is -2.43. The molecule has 0 bridgehead atoms. The predicted molar refractivity (Wildman–Crippen MR) is 83.6 cm³/mol. The molecule has 1 rings (SSSR count). The van der Waals surface area contributed by atoms with Gasteiger partial charge in [0.15, 0.2) is 0 Å². The van der Waals surface area contributed by atoms with Crippen LogP contribution >= 0.6 is 0 Å². The first-order valence-corrected chi connectivity index (χ1v) is 7.39. The molecule has 21 heavy (non-hydrogen) atoms. The lowest BCUT2D eigenvalue weighted by molar-refractivity contribution is -0.123. The molecule has 2 atom stereocenters. The summed E-state index contributed by atoms with van der Waals surface area (Å²) < 4.78 is 0. The zero-order valence-electron chi connectivity index (χ0n) is 12.8. The molecule has 0 aliphatic heterocycles. The van der Waals surface area contributed by atoms with Gasteiger partial charge in [0, 0.05) is 19.0 Å². The Kier molecular flexibility index (Phi) is 7.46. The zero-order valence-corrected chi connectivity index (χ0v) is 12.8. The van der Waals surface area contributed by atoms with E-state index in [4.69, 9.17) is 5.73 Å². The van der Waals surface area contributed by atoms with Crippen molar-refractivity contribution in [2.24, 2.45) is 5.73 Å². The maximum absolute atomic E-state index is 11.8. The fraction of sp³-hybridized carbons (Fsp3) is 0.500. The van der Waals surface area contributed by atoms with E-state index in [1.165, 1.54) is 0 Å². The summed E-state index contributed by atoms with van der Waals surface area (Å²) in [6, 6.07) is 9.20. The van der Waals surface area contributed by atoms with Crippen molar-refractivity contribution in [1.82, 2.24) is 10.6 Å². The van der Waals surface area contributed by atoms with Crippen LogP contribution in [0.4, 0.5) is 0 Å². The first-order chi connectivity index (χ1) is 10.0. The summed E-state index contributed by atoms with van der Waals surface area (Å²) in [5.41, 5.74) is 6.88. The van der Waals surface area contributed by atoms with Crippen LogP contribution in [0, 0.1) is 0 Å². The highest BCUT2D eigenvalue weighted by Gasteiger charge is 2.14. The van der Waals surface area contributed by atoms with Crippen LogP contribution in [0.3, 0.4) is 0 Å². The van der Waals surface area contributed by atoms with Crippen LogP contribution in [-0.4, -0.2) is 30.4 Å². The van der Waals surface area contributed by atoms with Gasteiger partial charge in [-0.15, -0.1) is 0 Å². The third-order valence-corrected chi connectivity index (χ3v) is 3.31. The van der Waals surface area contributed by atoms with Crippen LogP contribution in [0.1, 0.15) is 32.3 Å². The topological polar surface area (TPSA) is 84.2 Å². The maximum Gasteiger partial charge on any atom is 0.237 e. The average molecular weight is 291 g/mol. The zero-order chi connectivity index (χ0) is 15.7. The maximum atomic E-state index is 11.8. The summed E-state index contributed by atoms with van der Waals surface area (Å²) in [6.07, 6.45) is 1.65. The van der Waals surface area contributed by atoms with Gasteiger partial charge in [-0.05, 0) is 25.3 Å². The van der Waals surface area contributed by atoms with E-state index in [0.717, 1.165) is 12.0 Å². The van der Waals surface area contributed by atoms with Crippen molar-refractivity contribution in [2.45, 2.75) is 45.2 Å². The third-order valence-electron chi connectivity index (χ3n) is 3.31. The molecule has 4 N–H and O–H groups in total. The summed E-state index contributed by atoms with van der Waals surface area (Å²) in [5, 5.41) is 5.55. The molecule has 0 spiro atoms. The summed E-state index contributed by atoms with van der Waals surface area (Å²) in [4.78, 5) is 23.4. The smallest absolute Gasteiger partial charge is 0.237 e. The highest BCUT2D eigenvalue weighted by molar-refractivity contribution is 5.82. The van der Waals surface area contributed by atoms with Gasteiger partial charge in [0.05, 0.1) is 6.04 Å². The largest absolute Gasteiger partial charge is 0.354 e. The molecule has 1 aromatic rings. The summed E-state index contributed by atoms with van der Waals surface area (Å²) in [7, 11) is 0. The molecule has 5 heteroatoms. The number of hydrogen-bond donors (Lipinski definition) is 3. The van der Waals surface area contributed by atoms with Gasteiger partial charge >= 0.3 is 0 Å². The lowest BCUT2D eigenvalue weighted by Gasteiger charge is -2.14. The molecule has 0 heterocycles. The lowest BCUT2D eigenvalue weighted by atomic mass is 10.1. The molecular formula is C16H25N3O2. The van der Waals surface area contributed by atoms with E-state index >= 15 is 0 Å². The van der Waals surface area contributed by atoms with Crippen LogP contribution in [0.5, 0.6) is 0 Å². The Morgan fingerprint density at radius 3 is 2.52 bits per heavy atom. The third kappa shape index (κ3) is 6.90. The SMILES string of the molecule is CCC(C)NC(=O)CCNC(=O)[C@@H](N)Cc1ccccc1. The molecule has 0 fully saturated rings. The molecule has 0 saturated carbocycles. The Labute approximate surface area is 126 Å². The van der Waals surface area contributed by atoms with Crippen molar-refractivity contribution < 1.29 is 9.59 Å². The Bertz CT molecular complexity index is 448. The van der Waals surface area contributed by atoms with E-state index in [9.17, 15) is 9.59 Å².